The molecule has 3 heteroatoms. The van der Waals surface area contributed by atoms with Crippen LogP contribution in [0.4, 0.5) is 0 Å². The van der Waals surface area contributed by atoms with Gasteiger partial charge in [-0.15, -0.1) is 0 Å². The first-order valence-electron chi connectivity index (χ1n) is 7.52. The summed E-state index contributed by atoms with van der Waals surface area (Å²) in [6, 6.07) is 0. The van der Waals surface area contributed by atoms with E-state index in [9.17, 15) is 0 Å². The molecule has 1 rings (SSSR count). The zero-order valence-electron chi connectivity index (χ0n) is 13.0. The Bertz CT molecular complexity index is 232. The van der Waals surface area contributed by atoms with E-state index in [0.717, 1.165) is 25.3 Å². The van der Waals surface area contributed by atoms with E-state index < -0.39 is 0 Å². The number of hydrogen-bond donors (Lipinski definition) is 3. The van der Waals surface area contributed by atoms with E-state index in [-0.39, 0.29) is 17.2 Å². The van der Waals surface area contributed by atoms with Crippen LogP contribution in [-0.4, -0.2) is 23.8 Å². The van der Waals surface area contributed by atoms with Crippen LogP contribution in [0, 0.1) is 5.92 Å². The lowest BCUT2D eigenvalue weighted by Gasteiger charge is -2.46. The first-order valence-corrected chi connectivity index (χ1v) is 7.52. The first kappa shape index (κ1) is 15.9. The second kappa shape index (κ2) is 6.36. The Morgan fingerprint density at radius 1 is 1.22 bits per heavy atom. The Morgan fingerprint density at radius 3 is 2.28 bits per heavy atom. The second-order valence-electron chi connectivity index (χ2n) is 7.31. The molecule has 1 saturated heterocycles. The van der Waals surface area contributed by atoms with Crippen molar-refractivity contribution in [3.63, 3.8) is 0 Å². The van der Waals surface area contributed by atoms with Gasteiger partial charge in [-0.2, -0.15) is 0 Å². The van der Waals surface area contributed by atoms with Crippen LogP contribution < -0.4 is 16.4 Å². The maximum atomic E-state index is 6.09. The van der Waals surface area contributed by atoms with Crippen molar-refractivity contribution in [3.8, 4) is 0 Å². The molecule has 0 amide bonds. The van der Waals surface area contributed by atoms with Gasteiger partial charge in [0.15, 0.2) is 0 Å². The van der Waals surface area contributed by atoms with Gasteiger partial charge in [-0.3, -0.25) is 0 Å². The molecule has 1 unspecified atom stereocenters. The molecule has 1 fully saturated rings. The maximum absolute atomic E-state index is 6.09. The summed E-state index contributed by atoms with van der Waals surface area (Å²) in [7, 11) is 0. The number of nitrogens with one attached hydrogen (secondary N) is 2. The van der Waals surface area contributed by atoms with Crippen molar-refractivity contribution < 1.29 is 0 Å². The van der Waals surface area contributed by atoms with Gasteiger partial charge < -0.3 is 16.4 Å². The number of hydrogen-bond acceptors (Lipinski definition) is 3. The SMILES string of the molecule is CCCNC(N)CCC1CC(C)(C)NC(C)(C)C1. The van der Waals surface area contributed by atoms with Gasteiger partial charge in [0.2, 0.25) is 0 Å². The highest BCUT2D eigenvalue weighted by Gasteiger charge is 2.37. The van der Waals surface area contributed by atoms with Crippen LogP contribution in [0.1, 0.15) is 66.7 Å². The normalized spacial score (nSPS) is 25.0. The van der Waals surface area contributed by atoms with Gasteiger partial charge in [0.1, 0.15) is 0 Å². The number of rotatable bonds is 6. The van der Waals surface area contributed by atoms with E-state index in [1.807, 2.05) is 0 Å². The first-order chi connectivity index (χ1) is 8.24. The van der Waals surface area contributed by atoms with Crippen molar-refractivity contribution in [1.82, 2.24) is 10.6 Å². The third-order valence-corrected chi connectivity index (χ3v) is 3.82. The predicted octanol–water partition coefficient (Wildman–Crippen LogP) is 2.61. The minimum atomic E-state index is 0.172. The van der Waals surface area contributed by atoms with E-state index in [1.165, 1.54) is 19.3 Å². The van der Waals surface area contributed by atoms with Crippen LogP contribution in [0.25, 0.3) is 0 Å². The van der Waals surface area contributed by atoms with E-state index in [0.29, 0.717) is 0 Å². The molecule has 4 N–H and O–H groups in total. The fourth-order valence-electron chi connectivity index (χ4n) is 3.58. The van der Waals surface area contributed by atoms with Crippen LogP contribution in [0.2, 0.25) is 0 Å². The lowest BCUT2D eigenvalue weighted by Crippen LogP contribution is -2.57. The third kappa shape index (κ3) is 5.68. The summed E-state index contributed by atoms with van der Waals surface area (Å²) in [5, 5.41) is 7.11. The summed E-state index contributed by atoms with van der Waals surface area (Å²) in [6.45, 7) is 12.5. The Kier molecular flexibility index (Phi) is 5.63. The summed E-state index contributed by atoms with van der Waals surface area (Å²) in [4.78, 5) is 0. The molecule has 108 valence electrons. The molecular weight excluding hydrogens is 222 g/mol. The summed E-state index contributed by atoms with van der Waals surface area (Å²) >= 11 is 0. The number of piperidine rings is 1. The van der Waals surface area contributed by atoms with Gasteiger partial charge >= 0.3 is 0 Å². The van der Waals surface area contributed by atoms with E-state index >= 15 is 0 Å². The average Bonchev–Trinajstić information content (AvgIpc) is 2.19. The van der Waals surface area contributed by atoms with Crippen molar-refractivity contribution in [3.05, 3.63) is 0 Å². The van der Waals surface area contributed by atoms with Crippen LogP contribution >= 0.6 is 0 Å². The highest BCUT2D eigenvalue weighted by molar-refractivity contribution is 4.96. The van der Waals surface area contributed by atoms with Gasteiger partial charge in [0.05, 0.1) is 6.17 Å². The van der Waals surface area contributed by atoms with Gasteiger partial charge in [-0.1, -0.05) is 6.92 Å². The van der Waals surface area contributed by atoms with Crippen molar-refractivity contribution in [2.75, 3.05) is 6.54 Å². The summed E-state index contributed by atoms with van der Waals surface area (Å²) in [6.07, 6.45) is 6.18. The Morgan fingerprint density at radius 2 is 1.78 bits per heavy atom. The van der Waals surface area contributed by atoms with E-state index in [2.05, 4.69) is 45.3 Å². The molecule has 0 aromatic heterocycles. The molecule has 18 heavy (non-hydrogen) atoms. The largest absolute Gasteiger partial charge is 0.316 e. The molecule has 0 bridgehead atoms. The third-order valence-electron chi connectivity index (χ3n) is 3.82. The fraction of sp³-hybridized carbons (Fsp3) is 1.00. The lowest BCUT2D eigenvalue weighted by atomic mass is 9.74. The molecule has 0 saturated carbocycles. The summed E-state index contributed by atoms with van der Waals surface area (Å²) in [5.74, 6) is 0.797. The molecule has 0 aliphatic carbocycles. The van der Waals surface area contributed by atoms with Crippen molar-refractivity contribution >= 4 is 0 Å². The van der Waals surface area contributed by atoms with Crippen LogP contribution in [0.3, 0.4) is 0 Å². The molecule has 1 aliphatic rings. The quantitative estimate of drug-likeness (QED) is 0.640. The van der Waals surface area contributed by atoms with Crippen molar-refractivity contribution in [2.45, 2.75) is 84.0 Å². The lowest BCUT2D eigenvalue weighted by molar-refractivity contribution is 0.120. The topological polar surface area (TPSA) is 50.1 Å². The second-order valence-corrected chi connectivity index (χ2v) is 7.31. The molecule has 0 aromatic carbocycles. The minimum absolute atomic E-state index is 0.172. The molecule has 1 aliphatic heterocycles. The van der Waals surface area contributed by atoms with Gasteiger partial charge in [-0.25, -0.2) is 0 Å². The highest BCUT2D eigenvalue weighted by Crippen LogP contribution is 2.35. The Balaban J connectivity index is 2.37. The predicted molar refractivity (Wildman–Crippen MR) is 79.5 cm³/mol. The van der Waals surface area contributed by atoms with Crippen molar-refractivity contribution in [2.24, 2.45) is 11.7 Å². The van der Waals surface area contributed by atoms with Gasteiger partial charge in [0, 0.05) is 11.1 Å². The molecular formula is C15H33N3. The monoisotopic (exact) mass is 255 g/mol. The average molecular weight is 255 g/mol. The van der Waals surface area contributed by atoms with Crippen LogP contribution in [0.5, 0.6) is 0 Å². The van der Waals surface area contributed by atoms with Crippen LogP contribution in [0.15, 0.2) is 0 Å². The van der Waals surface area contributed by atoms with E-state index in [4.69, 9.17) is 5.73 Å². The van der Waals surface area contributed by atoms with Gasteiger partial charge in [0.25, 0.3) is 0 Å². The maximum Gasteiger partial charge on any atom is 0.0546 e. The Labute approximate surface area is 113 Å². The standard InChI is InChI=1S/C15H33N3/c1-6-9-17-13(16)8-7-12-10-14(2,3)18-15(4,5)11-12/h12-13,17-18H,6-11,16H2,1-5H3. The molecule has 1 heterocycles. The molecule has 0 radical (unpaired) electrons. The molecule has 0 aromatic rings. The van der Waals surface area contributed by atoms with Crippen molar-refractivity contribution in [1.29, 1.82) is 0 Å². The molecule has 3 nitrogen and oxygen atoms in total. The highest BCUT2D eigenvalue weighted by atomic mass is 15.0. The summed E-state index contributed by atoms with van der Waals surface area (Å²) < 4.78 is 0. The Hall–Kier alpha value is -0.120. The molecule has 1 atom stereocenters. The zero-order valence-corrected chi connectivity index (χ0v) is 13.0. The summed E-state index contributed by atoms with van der Waals surface area (Å²) in [5.41, 5.74) is 6.60. The van der Waals surface area contributed by atoms with E-state index in [1.54, 1.807) is 0 Å². The molecule has 0 spiro atoms. The smallest absolute Gasteiger partial charge is 0.0546 e. The zero-order chi connectivity index (χ0) is 13.8. The van der Waals surface area contributed by atoms with Gasteiger partial charge in [-0.05, 0) is 72.3 Å². The van der Waals surface area contributed by atoms with Crippen LogP contribution in [-0.2, 0) is 0 Å². The number of nitrogens with two attached hydrogens (primary N) is 1. The fourth-order valence-corrected chi connectivity index (χ4v) is 3.58. The minimum Gasteiger partial charge on any atom is -0.316 e.